The number of ether oxygens (including phenoxy) is 2. The fourth-order valence-electron chi connectivity index (χ4n) is 3.63. The van der Waals surface area contributed by atoms with E-state index in [0.717, 1.165) is 11.1 Å². The summed E-state index contributed by atoms with van der Waals surface area (Å²) >= 11 is 0. The van der Waals surface area contributed by atoms with Gasteiger partial charge in [-0.15, -0.1) is 0 Å². The molecule has 0 saturated carbocycles. The van der Waals surface area contributed by atoms with Crippen molar-refractivity contribution in [2.45, 2.75) is 57.9 Å². The highest BCUT2D eigenvalue weighted by molar-refractivity contribution is 5.74. The van der Waals surface area contributed by atoms with Crippen LogP contribution in [0.4, 0.5) is 18.0 Å². The third-order valence-electron chi connectivity index (χ3n) is 5.58. The first kappa shape index (κ1) is 30.0. The van der Waals surface area contributed by atoms with Crippen LogP contribution in [-0.4, -0.2) is 60.6 Å². The van der Waals surface area contributed by atoms with Crippen molar-refractivity contribution in [3.05, 3.63) is 65.7 Å². The maximum atomic E-state index is 12.8. The number of carbonyl (C=O) groups excluding carboxylic acids is 1. The van der Waals surface area contributed by atoms with Crippen molar-refractivity contribution in [1.29, 1.82) is 0 Å². The Morgan fingerprint density at radius 2 is 1.68 bits per heavy atom. The number of aliphatic carboxylic acids is 1. The Bertz CT molecular complexity index is 939. The zero-order valence-corrected chi connectivity index (χ0v) is 21.0. The minimum Gasteiger partial charge on any atom is -0.492 e. The van der Waals surface area contributed by atoms with Gasteiger partial charge in [-0.25, -0.2) is 9.59 Å². The van der Waals surface area contributed by atoms with Crippen molar-refractivity contribution in [3.63, 3.8) is 0 Å². The second-order valence-corrected chi connectivity index (χ2v) is 8.54. The summed E-state index contributed by atoms with van der Waals surface area (Å²) in [6.07, 6.45) is -4.85. The average molecular weight is 525 g/mol. The number of carbonyl (C=O) groups is 2. The van der Waals surface area contributed by atoms with Gasteiger partial charge in [0.15, 0.2) is 6.10 Å². The van der Waals surface area contributed by atoms with Crippen LogP contribution in [0.3, 0.4) is 0 Å². The molecule has 2 N–H and O–H groups in total. The van der Waals surface area contributed by atoms with Crippen molar-refractivity contribution in [2.75, 3.05) is 26.3 Å². The molecule has 0 aliphatic rings. The molecular formula is C27H35F3N2O5. The smallest absolute Gasteiger partial charge is 0.389 e. The Morgan fingerprint density at radius 3 is 2.30 bits per heavy atom. The quantitative estimate of drug-likeness (QED) is 0.286. The van der Waals surface area contributed by atoms with E-state index >= 15 is 0 Å². The van der Waals surface area contributed by atoms with Crippen LogP contribution in [-0.2, 0) is 22.5 Å². The third-order valence-corrected chi connectivity index (χ3v) is 5.58. The van der Waals surface area contributed by atoms with Crippen LogP contribution in [0, 0.1) is 0 Å². The van der Waals surface area contributed by atoms with Crippen LogP contribution in [0.25, 0.3) is 0 Å². The molecule has 0 spiro atoms. The number of nitrogens with one attached hydrogen (secondary N) is 1. The molecule has 1 unspecified atom stereocenters. The van der Waals surface area contributed by atoms with Gasteiger partial charge in [0.05, 0.1) is 6.54 Å². The summed E-state index contributed by atoms with van der Waals surface area (Å²) in [6, 6.07) is 16.1. The van der Waals surface area contributed by atoms with Crippen molar-refractivity contribution >= 4 is 12.0 Å². The van der Waals surface area contributed by atoms with E-state index in [1.807, 2.05) is 30.3 Å². The predicted octanol–water partition coefficient (Wildman–Crippen LogP) is 5.43. The summed E-state index contributed by atoms with van der Waals surface area (Å²) in [5.41, 5.74) is 1.72. The number of amides is 2. The number of hydrogen-bond donors (Lipinski definition) is 2. The van der Waals surface area contributed by atoms with Crippen molar-refractivity contribution in [3.8, 4) is 5.75 Å². The summed E-state index contributed by atoms with van der Waals surface area (Å²) in [7, 11) is 0. The van der Waals surface area contributed by atoms with Crippen LogP contribution in [0.1, 0.15) is 43.7 Å². The highest BCUT2D eigenvalue weighted by Crippen LogP contribution is 2.22. The SMILES string of the molecule is CCOC(Cc1ccc(OCCN(CCCCCC(F)(F)F)C(=O)NCc2ccccc2)cc1)C(=O)O. The molecule has 2 aromatic carbocycles. The van der Waals surface area contributed by atoms with Gasteiger partial charge in [-0.2, -0.15) is 13.2 Å². The minimum absolute atomic E-state index is 0.0256. The molecule has 0 radical (unpaired) electrons. The maximum absolute atomic E-state index is 12.8. The molecule has 0 aromatic heterocycles. The second kappa shape index (κ2) is 15.8. The zero-order chi connectivity index (χ0) is 27.1. The summed E-state index contributed by atoms with van der Waals surface area (Å²) in [4.78, 5) is 25.6. The van der Waals surface area contributed by atoms with Gasteiger partial charge in [-0.1, -0.05) is 48.9 Å². The lowest BCUT2D eigenvalue weighted by molar-refractivity contribution is -0.150. The van der Waals surface area contributed by atoms with Gasteiger partial charge in [-0.05, 0) is 43.0 Å². The van der Waals surface area contributed by atoms with E-state index in [1.54, 1.807) is 36.1 Å². The van der Waals surface area contributed by atoms with Gasteiger partial charge in [0.25, 0.3) is 0 Å². The van der Waals surface area contributed by atoms with Gasteiger partial charge in [-0.3, -0.25) is 0 Å². The maximum Gasteiger partial charge on any atom is 0.389 e. The largest absolute Gasteiger partial charge is 0.492 e. The predicted molar refractivity (Wildman–Crippen MR) is 133 cm³/mol. The fourth-order valence-corrected chi connectivity index (χ4v) is 3.63. The summed E-state index contributed by atoms with van der Waals surface area (Å²) in [5.74, 6) is -0.465. The fraction of sp³-hybridized carbons (Fsp3) is 0.481. The second-order valence-electron chi connectivity index (χ2n) is 8.54. The molecule has 0 heterocycles. The highest BCUT2D eigenvalue weighted by Gasteiger charge is 2.26. The number of rotatable bonds is 16. The first-order valence-corrected chi connectivity index (χ1v) is 12.4. The van der Waals surface area contributed by atoms with E-state index in [9.17, 15) is 27.9 Å². The number of hydrogen-bond acceptors (Lipinski definition) is 4. The molecule has 2 amide bonds. The number of carboxylic acids is 1. The standard InChI is InChI=1S/C27H35F3N2O5/c1-2-36-24(25(33)34)19-21-11-13-23(14-12-21)37-18-17-32(16-8-4-7-15-27(28,29)30)26(35)31-20-22-9-5-3-6-10-22/h3,5-6,9-14,24H,2,4,7-8,15-20H2,1H3,(H,31,35)(H,33,34). The van der Waals surface area contributed by atoms with E-state index in [2.05, 4.69) is 5.32 Å². The lowest BCUT2D eigenvalue weighted by Crippen LogP contribution is -2.42. The number of alkyl halides is 3. The Labute approximate surface area is 215 Å². The molecule has 2 aromatic rings. The van der Waals surface area contributed by atoms with Gasteiger partial charge in [0.2, 0.25) is 0 Å². The number of urea groups is 1. The van der Waals surface area contributed by atoms with Gasteiger partial charge in [0, 0.05) is 32.5 Å². The molecule has 0 bridgehead atoms. The van der Waals surface area contributed by atoms with Crippen molar-refractivity contribution in [1.82, 2.24) is 10.2 Å². The molecule has 0 fully saturated rings. The zero-order valence-electron chi connectivity index (χ0n) is 21.0. The molecule has 10 heteroatoms. The minimum atomic E-state index is -4.17. The molecule has 204 valence electrons. The van der Waals surface area contributed by atoms with Crippen LogP contribution < -0.4 is 10.1 Å². The topological polar surface area (TPSA) is 88.1 Å². The van der Waals surface area contributed by atoms with Crippen molar-refractivity contribution < 1.29 is 37.3 Å². The highest BCUT2D eigenvalue weighted by atomic mass is 19.4. The van der Waals surface area contributed by atoms with E-state index in [-0.39, 0.29) is 32.0 Å². The molecule has 1 atom stereocenters. The van der Waals surface area contributed by atoms with Crippen LogP contribution in [0.2, 0.25) is 0 Å². The first-order valence-electron chi connectivity index (χ1n) is 12.4. The molecular weight excluding hydrogens is 489 g/mol. The van der Waals surface area contributed by atoms with Crippen LogP contribution in [0.5, 0.6) is 5.75 Å². The summed E-state index contributed by atoms with van der Waals surface area (Å²) < 4.78 is 48.2. The number of unbranched alkanes of at least 4 members (excludes halogenated alkanes) is 2. The van der Waals surface area contributed by atoms with E-state index < -0.39 is 24.7 Å². The molecule has 7 nitrogen and oxygen atoms in total. The number of carboxylic acid groups (broad SMARTS) is 1. The monoisotopic (exact) mass is 524 g/mol. The Balaban J connectivity index is 1.87. The van der Waals surface area contributed by atoms with E-state index in [1.165, 1.54) is 0 Å². The van der Waals surface area contributed by atoms with E-state index in [0.29, 0.717) is 38.3 Å². The molecule has 37 heavy (non-hydrogen) atoms. The Morgan fingerprint density at radius 1 is 0.973 bits per heavy atom. The molecule has 2 rings (SSSR count). The lowest BCUT2D eigenvalue weighted by Gasteiger charge is -2.23. The van der Waals surface area contributed by atoms with E-state index in [4.69, 9.17) is 9.47 Å². The summed E-state index contributed by atoms with van der Waals surface area (Å²) in [6.45, 7) is 3.14. The van der Waals surface area contributed by atoms with Gasteiger partial charge in [0.1, 0.15) is 12.4 Å². The van der Waals surface area contributed by atoms with Gasteiger partial charge >= 0.3 is 18.2 Å². The number of benzene rings is 2. The lowest BCUT2D eigenvalue weighted by atomic mass is 10.1. The Hall–Kier alpha value is -3.27. The van der Waals surface area contributed by atoms with Crippen LogP contribution in [0.15, 0.2) is 54.6 Å². The molecule has 0 aliphatic heterocycles. The first-order chi connectivity index (χ1) is 17.7. The molecule has 0 saturated heterocycles. The van der Waals surface area contributed by atoms with Crippen molar-refractivity contribution in [2.24, 2.45) is 0 Å². The summed E-state index contributed by atoms with van der Waals surface area (Å²) in [5, 5.41) is 12.1. The normalized spacial score (nSPS) is 12.1. The average Bonchev–Trinajstić information content (AvgIpc) is 2.86. The third kappa shape index (κ3) is 12.5. The Kier molecular flexibility index (Phi) is 12.8. The molecule has 0 aliphatic carbocycles. The number of nitrogens with zero attached hydrogens (tertiary/aromatic N) is 1. The number of halogens is 3. The van der Waals surface area contributed by atoms with Crippen LogP contribution >= 0.6 is 0 Å². The van der Waals surface area contributed by atoms with Gasteiger partial charge < -0.3 is 24.8 Å².